The van der Waals surface area contributed by atoms with Crippen molar-refractivity contribution in [1.29, 1.82) is 0 Å². The van der Waals surface area contributed by atoms with Crippen LogP contribution in [0.1, 0.15) is 17.0 Å². The van der Waals surface area contributed by atoms with Crippen LogP contribution in [0, 0.1) is 13.8 Å². The Morgan fingerprint density at radius 2 is 1.89 bits per heavy atom. The second kappa shape index (κ2) is 5.49. The lowest BCUT2D eigenvalue weighted by Gasteiger charge is -2.10. The molecule has 0 aliphatic carbocycles. The molecule has 0 atom stereocenters. The fraction of sp³-hybridized carbons (Fsp3) is 0.286. The molecule has 0 bridgehead atoms. The molecule has 4 nitrogen and oxygen atoms in total. The minimum Gasteiger partial charge on any atom is -0.493 e. The summed E-state index contributed by atoms with van der Waals surface area (Å²) in [7, 11) is 0. The van der Waals surface area contributed by atoms with Crippen LogP contribution in [0.5, 0.6) is 5.75 Å². The molecule has 2 N–H and O–H groups in total. The van der Waals surface area contributed by atoms with Gasteiger partial charge in [-0.15, -0.1) is 0 Å². The second-order valence-electron chi connectivity index (χ2n) is 4.23. The molecule has 4 heteroatoms. The van der Waals surface area contributed by atoms with Crippen LogP contribution >= 0.6 is 0 Å². The molecule has 0 aliphatic rings. The predicted molar refractivity (Wildman–Crippen MR) is 71.6 cm³/mol. The molecule has 0 aliphatic heterocycles. The van der Waals surface area contributed by atoms with Crippen molar-refractivity contribution in [2.45, 2.75) is 20.3 Å². The zero-order valence-electron chi connectivity index (χ0n) is 10.7. The fourth-order valence-corrected chi connectivity index (χ4v) is 1.63. The van der Waals surface area contributed by atoms with Crippen molar-refractivity contribution in [1.82, 2.24) is 9.97 Å². The highest BCUT2D eigenvalue weighted by Gasteiger charge is 2.02. The minimum absolute atomic E-state index is 0.564. The maximum absolute atomic E-state index is 5.74. The number of nitrogens with two attached hydrogens (primary N) is 1. The van der Waals surface area contributed by atoms with E-state index in [1.807, 2.05) is 12.1 Å². The summed E-state index contributed by atoms with van der Waals surface area (Å²) in [5, 5.41) is 0. The summed E-state index contributed by atoms with van der Waals surface area (Å²) in [5.41, 5.74) is 8.51. The van der Waals surface area contributed by atoms with E-state index < -0.39 is 0 Å². The quantitative estimate of drug-likeness (QED) is 0.895. The Bertz CT molecular complexity index is 523. The van der Waals surface area contributed by atoms with E-state index in [1.54, 1.807) is 12.4 Å². The van der Waals surface area contributed by atoms with Crippen molar-refractivity contribution >= 4 is 5.69 Å². The monoisotopic (exact) mass is 243 g/mol. The average molecular weight is 243 g/mol. The van der Waals surface area contributed by atoms with Gasteiger partial charge >= 0.3 is 0 Å². The maximum Gasteiger partial charge on any atom is 0.131 e. The van der Waals surface area contributed by atoms with Crippen LogP contribution in [0.4, 0.5) is 5.69 Å². The molecule has 94 valence electrons. The van der Waals surface area contributed by atoms with Gasteiger partial charge in [-0.25, -0.2) is 9.97 Å². The number of ether oxygens (including phenoxy) is 1. The zero-order valence-corrected chi connectivity index (χ0v) is 10.7. The zero-order chi connectivity index (χ0) is 13.0. The highest BCUT2D eigenvalue weighted by molar-refractivity contribution is 5.38. The van der Waals surface area contributed by atoms with Crippen LogP contribution in [0.15, 0.2) is 30.6 Å². The van der Waals surface area contributed by atoms with Crippen molar-refractivity contribution < 1.29 is 4.74 Å². The lowest BCUT2D eigenvalue weighted by atomic mass is 10.1. The molecule has 1 aromatic carbocycles. The maximum atomic E-state index is 5.74. The lowest BCUT2D eigenvalue weighted by Crippen LogP contribution is -2.06. The Balaban J connectivity index is 1.92. The second-order valence-corrected chi connectivity index (χ2v) is 4.23. The van der Waals surface area contributed by atoms with Gasteiger partial charge in [0.25, 0.3) is 0 Å². The number of aromatic nitrogens is 2. The summed E-state index contributed by atoms with van der Waals surface area (Å²) in [6.45, 7) is 4.70. The van der Waals surface area contributed by atoms with Crippen molar-refractivity contribution in [3.63, 3.8) is 0 Å². The molecule has 0 saturated carbocycles. The van der Waals surface area contributed by atoms with E-state index in [0.717, 1.165) is 11.6 Å². The first-order valence-electron chi connectivity index (χ1n) is 5.92. The van der Waals surface area contributed by atoms with Crippen LogP contribution in [0.3, 0.4) is 0 Å². The third kappa shape index (κ3) is 2.97. The van der Waals surface area contributed by atoms with Crippen molar-refractivity contribution in [3.8, 4) is 5.75 Å². The Kier molecular flexibility index (Phi) is 3.77. The molecule has 1 aromatic heterocycles. The molecule has 0 unspecified atom stereocenters. The predicted octanol–water partition coefficient (Wildman–Crippen LogP) is 2.30. The SMILES string of the molecule is Cc1cccc(OCCc2ncc(N)cn2)c1C. The Hall–Kier alpha value is -2.10. The van der Waals surface area contributed by atoms with Crippen molar-refractivity contribution in [3.05, 3.63) is 47.5 Å². The van der Waals surface area contributed by atoms with Gasteiger partial charge in [0, 0.05) is 6.42 Å². The number of aryl methyl sites for hydroxylation is 1. The van der Waals surface area contributed by atoms with E-state index >= 15 is 0 Å². The van der Waals surface area contributed by atoms with Crippen LogP contribution in [-0.2, 0) is 6.42 Å². The van der Waals surface area contributed by atoms with Crippen LogP contribution in [0.25, 0.3) is 0 Å². The van der Waals surface area contributed by atoms with Crippen LogP contribution in [0.2, 0.25) is 0 Å². The molecular weight excluding hydrogens is 226 g/mol. The van der Waals surface area contributed by atoms with E-state index in [1.165, 1.54) is 11.1 Å². The topological polar surface area (TPSA) is 61.0 Å². The third-order valence-corrected chi connectivity index (χ3v) is 2.86. The lowest BCUT2D eigenvalue weighted by molar-refractivity contribution is 0.316. The first-order valence-corrected chi connectivity index (χ1v) is 5.92. The summed E-state index contributed by atoms with van der Waals surface area (Å²) in [4.78, 5) is 8.27. The van der Waals surface area contributed by atoms with E-state index in [-0.39, 0.29) is 0 Å². The Labute approximate surface area is 107 Å². The van der Waals surface area contributed by atoms with E-state index in [0.29, 0.717) is 18.7 Å². The summed E-state index contributed by atoms with van der Waals surface area (Å²) < 4.78 is 5.74. The highest BCUT2D eigenvalue weighted by atomic mass is 16.5. The minimum atomic E-state index is 0.564. The highest BCUT2D eigenvalue weighted by Crippen LogP contribution is 2.20. The summed E-state index contributed by atoms with van der Waals surface area (Å²) >= 11 is 0. The van der Waals surface area contributed by atoms with Crippen LogP contribution < -0.4 is 10.5 Å². The van der Waals surface area contributed by atoms with Gasteiger partial charge in [0.15, 0.2) is 0 Å². The normalized spacial score (nSPS) is 10.3. The number of rotatable bonds is 4. The molecule has 0 spiro atoms. The van der Waals surface area contributed by atoms with Crippen molar-refractivity contribution in [2.24, 2.45) is 0 Å². The summed E-state index contributed by atoms with van der Waals surface area (Å²) in [5.74, 6) is 1.67. The van der Waals surface area contributed by atoms with E-state index in [2.05, 4.69) is 29.9 Å². The third-order valence-electron chi connectivity index (χ3n) is 2.86. The Morgan fingerprint density at radius 1 is 1.17 bits per heavy atom. The van der Waals surface area contributed by atoms with Gasteiger partial charge in [0.2, 0.25) is 0 Å². The molecule has 0 amide bonds. The van der Waals surface area contributed by atoms with Gasteiger partial charge in [0.1, 0.15) is 11.6 Å². The number of anilines is 1. The van der Waals surface area contributed by atoms with Crippen molar-refractivity contribution in [2.75, 3.05) is 12.3 Å². The molecule has 2 rings (SSSR count). The summed E-state index contributed by atoms with van der Waals surface area (Å²) in [6, 6.07) is 6.05. The van der Waals surface area contributed by atoms with Gasteiger partial charge in [-0.2, -0.15) is 0 Å². The van der Waals surface area contributed by atoms with Gasteiger partial charge in [0.05, 0.1) is 24.7 Å². The number of nitrogens with zero attached hydrogens (tertiary/aromatic N) is 2. The largest absolute Gasteiger partial charge is 0.493 e. The standard InChI is InChI=1S/C14H17N3O/c1-10-4-3-5-13(11(10)2)18-7-6-14-16-8-12(15)9-17-14/h3-5,8-9H,6-7,15H2,1-2H3. The van der Waals surface area contributed by atoms with Gasteiger partial charge in [-0.3, -0.25) is 0 Å². The van der Waals surface area contributed by atoms with E-state index in [9.17, 15) is 0 Å². The molecule has 0 saturated heterocycles. The number of hydrogen-bond acceptors (Lipinski definition) is 4. The fourth-order valence-electron chi connectivity index (χ4n) is 1.63. The van der Waals surface area contributed by atoms with E-state index in [4.69, 9.17) is 10.5 Å². The molecular formula is C14H17N3O. The molecule has 1 heterocycles. The molecule has 0 fully saturated rings. The molecule has 0 radical (unpaired) electrons. The average Bonchev–Trinajstić information content (AvgIpc) is 2.37. The van der Waals surface area contributed by atoms with Gasteiger partial charge in [-0.05, 0) is 31.0 Å². The van der Waals surface area contributed by atoms with Crippen LogP contribution in [-0.4, -0.2) is 16.6 Å². The van der Waals surface area contributed by atoms with Gasteiger partial charge in [-0.1, -0.05) is 12.1 Å². The Morgan fingerprint density at radius 3 is 2.61 bits per heavy atom. The smallest absolute Gasteiger partial charge is 0.131 e. The summed E-state index contributed by atoms with van der Waals surface area (Å²) in [6.07, 6.45) is 3.90. The first kappa shape index (κ1) is 12.4. The van der Waals surface area contributed by atoms with Gasteiger partial charge < -0.3 is 10.5 Å². The number of benzene rings is 1. The molecule has 18 heavy (non-hydrogen) atoms. The number of hydrogen-bond donors (Lipinski definition) is 1. The number of nitrogen functional groups attached to an aromatic ring is 1. The first-order chi connectivity index (χ1) is 8.66. The molecule has 2 aromatic rings.